The Morgan fingerprint density at radius 3 is 2.94 bits per heavy atom. The standard InChI is InChI=1S/C14H20BrClN2/c1-4-14(3)9-18(10(2)8-17-14)13-7-11(15)5-6-12(13)16/h5-7,10,17H,4,8-9H2,1-3H3. The lowest BCUT2D eigenvalue weighted by atomic mass is 9.93. The van der Waals surface area contributed by atoms with Gasteiger partial charge >= 0.3 is 0 Å². The van der Waals surface area contributed by atoms with Crippen molar-refractivity contribution >= 4 is 33.2 Å². The number of rotatable bonds is 2. The molecule has 4 heteroatoms. The van der Waals surface area contributed by atoms with Crippen molar-refractivity contribution in [3.63, 3.8) is 0 Å². The van der Waals surface area contributed by atoms with Gasteiger partial charge in [0, 0.05) is 29.1 Å². The Bertz CT molecular complexity index is 438. The predicted molar refractivity (Wildman–Crippen MR) is 82.7 cm³/mol. The molecule has 0 spiro atoms. The number of nitrogens with one attached hydrogen (secondary N) is 1. The molecule has 1 aliphatic heterocycles. The van der Waals surface area contributed by atoms with Crippen LogP contribution < -0.4 is 10.2 Å². The number of anilines is 1. The van der Waals surface area contributed by atoms with Gasteiger partial charge in [0.25, 0.3) is 0 Å². The van der Waals surface area contributed by atoms with Crippen LogP contribution in [0.2, 0.25) is 5.02 Å². The molecule has 2 nitrogen and oxygen atoms in total. The zero-order valence-corrected chi connectivity index (χ0v) is 13.5. The van der Waals surface area contributed by atoms with E-state index in [9.17, 15) is 0 Å². The number of piperazine rings is 1. The van der Waals surface area contributed by atoms with E-state index < -0.39 is 0 Å². The van der Waals surface area contributed by atoms with Gasteiger partial charge in [-0.1, -0.05) is 34.5 Å². The highest BCUT2D eigenvalue weighted by molar-refractivity contribution is 9.10. The minimum Gasteiger partial charge on any atom is -0.364 e. The van der Waals surface area contributed by atoms with E-state index in [4.69, 9.17) is 11.6 Å². The Hall–Kier alpha value is -0.250. The van der Waals surface area contributed by atoms with E-state index in [0.717, 1.165) is 34.7 Å². The van der Waals surface area contributed by atoms with Crippen LogP contribution in [0.25, 0.3) is 0 Å². The maximum atomic E-state index is 6.35. The largest absolute Gasteiger partial charge is 0.364 e. The average molecular weight is 332 g/mol. The van der Waals surface area contributed by atoms with Crippen LogP contribution in [0.3, 0.4) is 0 Å². The second-order valence-corrected chi connectivity index (χ2v) is 6.69. The van der Waals surface area contributed by atoms with Gasteiger partial charge < -0.3 is 10.2 Å². The number of nitrogens with zero attached hydrogens (tertiary/aromatic N) is 1. The summed E-state index contributed by atoms with van der Waals surface area (Å²) in [6.45, 7) is 8.72. The summed E-state index contributed by atoms with van der Waals surface area (Å²) >= 11 is 9.88. The van der Waals surface area contributed by atoms with E-state index in [1.165, 1.54) is 0 Å². The van der Waals surface area contributed by atoms with Crippen LogP contribution in [0.5, 0.6) is 0 Å². The highest BCUT2D eigenvalue weighted by Crippen LogP contribution is 2.33. The molecule has 1 N–H and O–H groups in total. The topological polar surface area (TPSA) is 15.3 Å². The molecule has 1 aromatic carbocycles. The number of halogens is 2. The summed E-state index contributed by atoms with van der Waals surface area (Å²) in [6.07, 6.45) is 1.11. The quantitative estimate of drug-likeness (QED) is 0.879. The summed E-state index contributed by atoms with van der Waals surface area (Å²) in [7, 11) is 0. The Morgan fingerprint density at radius 2 is 2.28 bits per heavy atom. The first-order valence-electron chi connectivity index (χ1n) is 6.42. The van der Waals surface area contributed by atoms with E-state index in [2.05, 4.69) is 53.0 Å². The van der Waals surface area contributed by atoms with E-state index in [1.807, 2.05) is 12.1 Å². The molecule has 2 rings (SSSR count). The van der Waals surface area contributed by atoms with Crippen LogP contribution in [0, 0.1) is 0 Å². The molecule has 0 saturated carbocycles. The fraction of sp³-hybridized carbons (Fsp3) is 0.571. The monoisotopic (exact) mass is 330 g/mol. The zero-order chi connectivity index (χ0) is 13.3. The Kier molecular flexibility index (Phi) is 4.25. The molecule has 1 heterocycles. The maximum absolute atomic E-state index is 6.35. The molecule has 1 fully saturated rings. The molecule has 1 aromatic rings. The van der Waals surface area contributed by atoms with Crippen molar-refractivity contribution in [1.82, 2.24) is 5.32 Å². The molecule has 100 valence electrons. The molecule has 0 aromatic heterocycles. The highest BCUT2D eigenvalue weighted by atomic mass is 79.9. The molecule has 0 aliphatic carbocycles. The molecule has 1 saturated heterocycles. The van der Waals surface area contributed by atoms with Crippen molar-refractivity contribution in [3.8, 4) is 0 Å². The smallest absolute Gasteiger partial charge is 0.0640 e. The van der Waals surface area contributed by atoms with E-state index in [-0.39, 0.29) is 5.54 Å². The van der Waals surface area contributed by atoms with Crippen LogP contribution in [-0.4, -0.2) is 24.7 Å². The van der Waals surface area contributed by atoms with Gasteiger partial charge in [-0.2, -0.15) is 0 Å². The van der Waals surface area contributed by atoms with Gasteiger partial charge in [-0.15, -0.1) is 0 Å². The molecular formula is C14H20BrClN2. The average Bonchev–Trinajstić information content (AvgIpc) is 2.36. The molecule has 0 bridgehead atoms. The first-order valence-corrected chi connectivity index (χ1v) is 7.59. The van der Waals surface area contributed by atoms with E-state index in [1.54, 1.807) is 0 Å². The fourth-order valence-corrected chi connectivity index (χ4v) is 2.93. The van der Waals surface area contributed by atoms with Crippen molar-refractivity contribution in [2.75, 3.05) is 18.0 Å². The number of benzene rings is 1. The Morgan fingerprint density at radius 1 is 1.56 bits per heavy atom. The van der Waals surface area contributed by atoms with Gasteiger partial charge in [0.2, 0.25) is 0 Å². The van der Waals surface area contributed by atoms with Crippen LogP contribution in [0.1, 0.15) is 27.2 Å². The molecule has 2 atom stereocenters. The minimum absolute atomic E-state index is 0.165. The van der Waals surface area contributed by atoms with Crippen LogP contribution in [-0.2, 0) is 0 Å². The SMILES string of the molecule is CCC1(C)CN(c2cc(Br)ccc2Cl)C(C)CN1. The Balaban J connectivity index is 2.32. The summed E-state index contributed by atoms with van der Waals surface area (Å²) in [5.41, 5.74) is 1.29. The lowest BCUT2D eigenvalue weighted by Gasteiger charge is -2.46. The predicted octanol–water partition coefficient (Wildman–Crippen LogP) is 4.07. The summed E-state index contributed by atoms with van der Waals surface area (Å²) in [5.74, 6) is 0. The van der Waals surface area contributed by atoms with Gasteiger partial charge in [-0.3, -0.25) is 0 Å². The zero-order valence-electron chi connectivity index (χ0n) is 11.1. The van der Waals surface area contributed by atoms with Gasteiger partial charge in [-0.25, -0.2) is 0 Å². The first kappa shape index (κ1) is 14.2. The van der Waals surface area contributed by atoms with Crippen molar-refractivity contribution in [2.24, 2.45) is 0 Å². The molecule has 2 unspecified atom stereocenters. The third kappa shape index (κ3) is 2.84. The van der Waals surface area contributed by atoms with E-state index >= 15 is 0 Å². The van der Waals surface area contributed by atoms with Crippen molar-refractivity contribution in [1.29, 1.82) is 0 Å². The summed E-state index contributed by atoms with van der Waals surface area (Å²) in [4.78, 5) is 2.41. The molecule has 18 heavy (non-hydrogen) atoms. The second kappa shape index (κ2) is 5.40. The van der Waals surface area contributed by atoms with Crippen molar-refractivity contribution in [2.45, 2.75) is 38.8 Å². The fourth-order valence-electron chi connectivity index (χ4n) is 2.36. The van der Waals surface area contributed by atoms with Crippen LogP contribution >= 0.6 is 27.5 Å². The van der Waals surface area contributed by atoms with Crippen molar-refractivity contribution < 1.29 is 0 Å². The normalized spacial score (nSPS) is 28.5. The second-order valence-electron chi connectivity index (χ2n) is 5.37. The van der Waals surface area contributed by atoms with Gasteiger partial charge in [0.1, 0.15) is 0 Å². The molecule has 0 amide bonds. The van der Waals surface area contributed by atoms with E-state index in [0.29, 0.717) is 6.04 Å². The third-order valence-electron chi connectivity index (χ3n) is 3.87. The summed E-state index contributed by atoms with van der Waals surface area (Å²) in [6, 6.07) is 6.51. The van der Waals surface area contributed by atoms with Crippen LogP contribution in [0.15, 0.2) is 22.7 Å². The lowest BCUT2D eigenvalue weighted by molar-refractivity contribution is 0.285. The number of hydrogen-bond donors (Lipinski definition) is 1. The molecular weight excluding hydrogens is 312 g/mol. The number of hydrogen-bond acceptors (Lipinski definition) is 2. The first-order chi connectivity index (χ1) is 8.45. The van der Waals surface area contributed by atoms with Gasteiger partial charge in [-0.05, 0) is 38.5 Å². The van der Waals surface area contributed by atoms with Gasteiger partial charge in [0.15, 0.2) is 0 Å². The molecule has 1 aliphatic rings. The Labute approximate surface area is 123 Å². The van der Waals surface area contributed by atoms with Crippen molar-refractivity contribution in [3.05, 3.63) is 27.7 Å². The lowest BCUT2D eigenvalue weighted by Crippen LogP contribution is -2.62. The molecule has 0 radical (unpaired) electrons. The summed E-state index contributed by atoms with van der Waals surface area (Å²) < 4.78 is 1.07. The highest BCUT2D eigenvalue weighted by Gasteiger charge is 2.33. The third-order valence-corrected chi connectivity index (χ3v) is 4.69. The minimum atomic E-state index is 0.165. The maximum Gasteiger partial charge on any atom is 0.0640 e. The van der Waals surface area contributed by atoms with Crippen LogP contribution in [0.4, 0.5) is 5.69 Å². The van der Waals surface area contributed by atoms with Gasteiger partial charge in [0.05, 0.1) is 10.7 Å². The summed E-state index contributed by atoms with van der Waals surface area (Å²) in [5, 5.41) is 4.46.